The van der Waals surface area contributed by atoms with Crippen LogP contribution in [0.4, 0.5) is 5.69 Å². The zero-order valence-electron chi connectivity index (χ0n) is 11.6. The summed E-state index contributed by atoms with van der Waals surface area (Å²) in [7, 11) is 2.11. The molecule has 0 spiro atoms. The van der Waals surface area contributed by atoms with Gasteiger partial charge in [-0.1, -0.05) is 12.1 Å². The number of anilines is 1. The zero-order valence-corrected chi connectivity index (χ0v) is 11.6. The molecule has 2 unspecified atom stereocenters. The Kier molecular flexibility index (Phi) is 4.41. The summed E-state index contributed by atoms with van der Waals surface area (Å²) < 4.78 is 0. The summed E-state index contributed by atoms with van der Waals surface area (Å²) >= 11 is 0. The Morgan fingerprint density at radius 3 is 2.79 bits per heavy atom. The fourth-order valence-corrected chi connectivity index (χ4v) is 3.03. The summed E-state index contributed by atoms with van der Waals surface area (Å²) in [6.07, 6.45) is 0.731. The molecule has 2 atom stereocenters. The maximum absolute atomic E-state index is 9.27. The van der Waals surface area contributed by atoms with Crippen LogP contribution in [0.3, 0.4) is 0 Å². The van der Waals surface area contributed by atoms with Crippen LogP contribution in [0.5, 0.6) is 0 Å². The lowest BCUT2D eigenvalue weighted by Gasteiger charge is -2.46. The Bertz CT molecular complexity index is 469. The lowest BCUT2D eigenvalue weighted by molar-refractivity contribution is 0.198. The van der Waals surface area contributed by atoms with Gasteiger partial charge in [-0.2, -0.15) is 5.26 Å². The van der Waals surface area contributed by atoms with Crippen LogP contribution in [0.1, 0.15) is 18.9 Å². The molecule has 0 saturated carbocycles. The molecular weight excluding hydrogens is 238 g/mol. The molecule has 1 aromatic rings. The zero-order chi connectivity index (χ0) is 13.8. The number of nitriles is 1. The molecule has 1 saturated heterocycles. The lowest BCUT2D eigenvalue weighted by Crippen LogP contribution is -2.57. The average Bonchev–Trinajstić information content (AvgIpc) is 2.39. The van der Waals surface area contributed by atoms with Gasteiger partial charge in [-0.05, 0) is 32.5 Å². The molecule has 1 aromatic carbocycles. The van der Waals surface area contributed by atoms with Crippen molar-refractivity contribution >= 4 is 5.69 Å². The number of rotatable bonds is 3. The van der Waals surface area contributed by atoms with Gasteiger partial charge < -0.3 is 14.9 Å². The third-order valence-corrected chi connectivity index (χ3v) is 3.73. The Morgan fingerprint density at radius 1 is 1.37 bits per heavy atom. The first kappa shape index (κ1) is 13.9. The van der Waals surface area contributed by atoms with Gasteiger partial charge in [0.05, 0.1) is 11.3 Å². The van der Waals surface area contributed by atoms with Crippen molar-refractivity contribution in [1.29, 1.82) is 5.26 Å². The van der Waals surface area contributed by atoms with Crippen molar-refractivity contribution < 1.29 is 5.11 Å². The molecule has 2 rings (SSSR count). The monoisotopic (exact) mass is 259 g/mol. The predicted molar refractivity (Wildman–Crippen MR) is 76.1 cm³/mol. The molecule has 0 aliphatic carbocycles. The largest absolute Gasteiger partial charge is 0.396 e. The van der Waals surface area contributed by atoms with Crippen molar-refractivity contribution in [2.75, 3.05) is 31.6 Å². The van der Waals surface area contributed by atoms with Crippen molar-refractivity contribution in [3.05, 3.63) is 29.8 Å². The van der Waals surface area contributed by atoms with Crippen LogP contribution < -0.4 is 4.90 Å². The van der Waals surface area contributed by atoms with Gasteiger partial charge in [0.25, 0.3) is 0 Å². The van der Waals surface area contributed by atoms with Crippen LogP contribution in [0, 0.1) is 11.3 Å². The molecule has 1 N–H and O–H groups in total. The quantitative estimate of drug-likeness (QED) is 0.892. The van der Waals surface area contributed by atoms with E-state index in [4.69, 9.17) is 0 Å². The van der Waals surface area contributed by atoms with E-state index in [1.54, 1.807) is 0 Å². The van der Waals surface area contributed by atoms with Crippen LogP contribution in [-0.2, 0) is 0 Å². The third-order valence-electron chi connectivity index (χ3n) is 3.73. The molecule has 1 aliphatic rings. The summed E-state index contributed by atoms with van der Waals surface area (Å²) in [5.74, 6) is 0. The Balaban J connectivity index is 2.35. The highest BCUT2D eigenvalue weighted by atomic mass is 16.3. The van der Waals surface area contributed by atoms with Crippen molar-refractivity contribution in [3.8, 4) is 6.07 Å². The standard InChI is InChI=1S/C15H21N3O/c1-12-10-17(2)11-14(7-8-19)18(12)15-6-4-3-5-13(15)9-16/h3-6,12,14,19H,7-8,10-11H2,1-2H3. The van der Waals surface area contributed by atoms with Crippen LogP contribution in [0.25, 0.3) is 0 Å². The van der Waals surface area contributed by atoms with E-state index in [0.29, 0.717) is 11.6 Å². The fourth-order valence-electron chi connectivity index (χ4n) is 3.03. The van der Waals surface area contributed by atoms with Gasteiger partial charge in [0.1, 0.15) is 6.07 Å². The van der Waals surface area contributed by atoms with Gasteiger partial charge in [-0.15, -0.1) is 0 Å². The van der Waals surface area contributed by atoms with Gasteiger partial charge in [0.15, 0.2) is 0 Å². The molecular formula is C15H21N3O. The lowest BCUT2D eigenvalue weighted by atomic mass is 10.0. The van der Waals surface area contributed by atoms with E-state index >= 15 is 0 Å². The van der Waals surface area contributed by atoms with E-state index in [-0.39, 0.29) is 12.6 Å². The summed E-state index contributed by atoms with van der Waals surface area (Å²) in [5.41, 5.74) is 1.70. The van der Waals surface area contributed by atoms with Crippen molar-refractivity contribution in [2.24, 2.45) is 0 Å². The number of nitrogens with zero attached hydrogens (tertiary/aromatic N) is 3. The van der Waals surface area contributed by atoms with Gasteiger partial charge in [-0.3, -0.25) is 0 Å². The highest BCUT2D eigenvalue weighted by Crippen LogP contribution is 2.28. The minimum atomic E-state index is 0.177. The summed E-state index contributed by atoms with van der Waals surface area (Å²) in [6, 6.07) is 10.6. The number of aliphatic hydroxyl groups is 1. The number of likely N-dealkylation sites (N-methyl/N-ethyl adjacent to an activating group) is 1. The van der Waals surface area contributed by atoms with E-state index in [0.717, 1.165) is 25.2 Å². The summed E-state index contributed by atoms with van der Waals surface area (Å²) in [4.78, 5) is 4.59. The number of hydrogen-bond acceptors (Lipinski definition) is 4. The topological polar surface area (TPSA) is 50.5 Å². The maximum Gasteiger partial charge on any atom is 0.101 e. The molecule has 4 heteroatoms. The third kappa shape index (κ3) is 2.89. The van der Waals surface area contributed by atoms with Crippen LogP contribution in [-0.4, -0.2) is 48.8 Å². The first-order valence-corrected chi connectivity index (χ1v) is 6.74. The fraction of sp³-hybridized carbons (Fsp3) is 0.533. The van der Waals surface area contributed by atoms with E-state index in [9.17, 15) is 10.4 Å². The van der Waals surface area contributed by atoms with E-state index < -0.39 is 0 Å². The summed E-state index contributed by atoms with van der Waals surface area (Å²) in [5, 5.41) is 18.5. The molecule has 1 aliphatic heterocycles. The number of para-hydroxylation sites is 1. The second-order valence-electron chi connectivity index (χ2n) is 5.27. The smallest absolute Gasteiger partial charge is 0.101 e. The second kappa shape index (κ2) is 6.05. The molecule has 0 amide bonds. The first-order valence-electron chi connectivity index (χ1n) is 6.74. The number of hydrogen-bond donors (Lipinski definition) is 1. The second-order valence-corrected chi connectivity index (χ2v) is 5.27. The van der Waals surface area contributed by atoms with Crippen molar-refractivity contribution in [2.45, 2.75) is 25.4 Å². The first-order chi connectivity index (χ1) is 9.17. The molecule has 19 heavy (non-hydrogen) atoms. The molecule has 102 valence electrons. The van der Waals surface area contributed by atoms with E-state index in [2.05, 4.69) is 29.8 Å². The van der Waals surface area contributed by atoms with Crippen LogP contribution >= 0.6 is 0 Å². The molecule has 1 fully saturated rings. The Morgan fingerprint density at radius 2 is 2.11 bits per heavy atom. The maximum atomic E-state index is 9.27. The van der Waals surface area contributed by atoms with Gasteiger partial charge >= 0.3 is 0 Å². The van der Waals surface area contributed by atoms with Gasteiger partial charge in [-0.25, -0.2) is 0 Å². The highest BCUT2D eigenvalue weighted by molar-refractivity contribution is 5.60. The average molecular weight is 259 g/mol. The van der Waals surface area contributed by atoms with Gasteiger partial charge in [0.2, 0.25) is 0 Å². The van der Waals surface area contributed by atoms with Crippen molar-refractivity contribution in [1.82, 2.24) is 4.90 Å². The number of piperazine rings is 1. The molecule has 0 aromatic heterocycles. The number of aliphatic hydroxyl groups excluding tert-OH is 1. The number of benzene rings is 1. The minimum absolute atomic E-state index is 0.177. The molecule has 4 nitrogen and oxygen atoms in total. The van der Waals surface area contributed by atoms with E-state index in [1.807, 2.05) is 24.3 Å². The van der Waals surface area contributed by atoms with Crippen LogP contribution in [0.2, 0.25) is 0 Å². The van der Waals surface area contributed by atoms with Crippen LogP contribution in [0.15, 0.2) is 24.3 Å². The molecule has 0 bridgehead atoms. The molecule has 1 heterocycles. The normalized spacial score (nSPS) is 24.2. The van der Waals surface area contributed by atoms with Gasteiger partial charge in [0, 0.05) is 31.8 Å². The Hall–Kier alpha value is -1.57. The minimum Gasteiger partial charge on any atom is -0.396 e. The highest BCUT2D eigenvalue weighted by Gasteiger charge is 2.31. The molecule has 0 radical (unpaired) electrons. The van der Waals surface area contributed by atoms with E-state index in [1.165, 1.54) is 0 Å². The predicted octanol–water partition coefficient (Wildman–Crippen LogP) is 1.45. The summed E-state index contributed by atoms with van der Waals surface area (Å²) in [6.45, 7) is 4.25. The SMILES string of the molecule is CC1CN(C)CC(CCO)N1c1ccccc1C#N. The van der Waals surface area contributed by atoms with Crippen molar-refractivity contribution in [3.63, 3.8) is 0 Å². The Labute approximate surface area is 114 Å².